The second-order valence-corrected chi connectivity index (χ2v) is 1.62. The summed E-state index contributed by atoms with van der Waals surface area (Å²) in [7, 11) is 1.31. The first-order chi connectivity index (χ1) is 5.54. The summed E-state index contributed by atoms with van der Waals surface area (Å²) in [5, 5.41) is 15.8. The van der Waals surface area contributed by atoms with Crippen molar-refractivity contribution < 1.29 is 29.3 Å². The molecule has 0 bridgehead atoms. The largest absolute Gasteiger partial charge is 0.481 e. The zero-order chi connectivity index (χ0) is 9.98. The first-order valence-electron chi connectivity index (χ1n) is 2.94. The molecule has 0 saturated carbocycles. The van der Waals surface area contributed by atoms with Crippen LogP contribution in [0.2, 0.25) is 0 Å². The highest BCUT2D eigenvalue weighted by Gasteiger charge is 2.00. The lowest BCUT2D eigenvalue weighted by atomic mass is 10.3. The molecule has 0 heterocycles. The molecule has 0 spiro atoms. The van der Waals surface area contributed by atoms with Gasteiger partial charge >= 0.3 is 11.9 Å². The van der Waals surface area contributed by atoms with Gasteiger partial charge in [0.05, 0.1) is 20.0 Å². The van der Waals surface area contributed by atoms with E-state index < -0.39 is 11.9 Å². The molecule has 0 aromatic heterocycles. The van der Waals surface area contributed by atoms with Gasteiger partial charge in [-0.3, -0.25) is 14.4 Å². The molecule has 0 aromatic rings. The third kappa shape index (κ3) is 23.7. The van der Waals surface area contributed by atoms with E-state index in [1.54, 1.807) is 0 Å². The number of methoxy groups -OCH3 is 1. The Hall–Kier alpha value is -1.59. The Morgan fingerprint density at radius 1 is 1.25 bits per heavy atom. The number of carboxylic acid groups (broad SMARTS) is 2. The molecule has 0 aliphatic heterocycles. The molecule has 6 heteroatoms. The van der Waals surface area contributed by atoms with Crippen molar-refractivity contribution >= 4 is 18.4 Å². The monoisotopic (exact) mass is 178 g/mol. The minimum Gasteiger partial charge on any atom is -0.481 e. The van der Waals surface area contributed by atoms with E-state index in [0.29, 0.717) is 6.47 Å². The number of carbonyl (C=O) groups is 3. The number of hydrogen-bond acceptors (Lipinski definition) is 4. The highest BCUT2D eigenvalue weighted by atomic mass is 16.5. The highest BCUT2D eigenvalue weighted by molar-refractivity contribution is 5.75. The van der Waals surface area contributed by atoms with Gasteiger partial charge in [0.2, 0.25) is 0 Å². The summed E-state index contributed by atoms with van der Waals surface area (Å²) in [6, 6.07) is 0. The van der Waals surface area contributed by atoms with Crippen LogP contribution in [0, 0.1) is 0 Å². The zero-order valence-corrected chi connectivity index (χ0v) is 6.52. The van der Waals surface area contributed by atoms with Crippen molar-refractivity contribution in [2.24, 2.45) is 0 Å². The normalized spacial score (nSPS) is 7.42. The molecule has 0 aliphatic carbocycles. The van der Waals surface area contributed by atoms with Gasteiger partial charge in [-0.2, -0.15) is 0 Å². The molecule has 2 N–H and O–H groups in total. The Kier molecular flexibility index (Phi) is 10.2. The number of carbonyl (C=O) groups excluding carboxylic acids is 1. The molecule has 0 unspecified atom stereocenters. The van der Waals surface area contributed by atoms with Crippen molar-refractivity contribution in [2.75, 3.05) is 7.11 Å². The van der Waals surface area contributed by atoms with Gasteiger partial charge in [0.15, 0.2) is 0 Å². The SMILES string of the molecule is COC=O.O=C(O)CCC(=O)O. The molecule has 0 atom stereocenters. The van der Waals surface area contributed by atoms with Crippen LogP contribution < -0.4 is 0 Å². The van der Waals surface area contributed by atoms with Crippen LogP contribution in [-0.2, 0) is 19.1 Å². The fourth-order valence-corrected chi connectivity index (χ4v) is 0.214. The van der Waals surface area contributed by atoms with Crippen LogP contribution >= 0.6 is 0 Å². The molecule has 0 saturated heterocycles. The van der Waals surface area contributed by atoms with Crippen LogP contribution in [-0.4, -0.2) is 35.7 Å². The third-order valence-electron chi connectivity index (χ3n) is 0.649. The van der Waals surface area contributed by atoms with E-state index in [1.807, 2.05) is 0 Å². The smallest absolute Gasteiger partial charge is 0.303 e. The fourth-order valence-electron chi connectivity index (χ4n) is 0.214. The molecule has 70 valence electrons. The molecule has 12 heavy (non-hydrogen) atoms. The standard InChI is InChI=1S/C4H6O4.C2H4O2/c5-3(6)1-2-4(7)8;1-4-2-3/h1-2H2,(H,5,6)(H,7,8);2H,1H3. The van der Waals surface area contributed by atoms with Crippen molar-refractivity contribution in [3.63, 3.8) is 0 Å². The molecule has 0 aromatic carbocycles. The van der Waals surface area contributed by atoms with Gasteiger partial charge in [-0.15, -0.1) is 0 Å². The lowest BCUT2D eigenvalue weighted by Crippen LogP contribution is -2.00. The molecular formula is C6H10O6. The van der Waals surface area contributed by atoms with Crippen LogP contribution in [0.5, 0.6) is 0 Å². The Balaban J connectivity index is 0. The summed E-state index contributed by atoms with van der Waals surface area (Å²) in [6.45, 7) is 0.375. The number of aliphatic carboxylic acids is 2. The molecule has 0 radical (unpaired) electrons. The van der Waals surface area contributed by atoms with E-state index in [2.05, 4.69) is 4.74 Å². The minimum atomic E-state index is -1.08. The number of rotatable bonds is 4. The minimum absolute atomic E-state index is 0.296. The van der Waals surface area contributed by atoms with Gasteiger partial charge < -0.3 is 14.9 Å². The Morgan fingerprint density at radius 3 is 1.58 bits per heavy atom. The summed E-state index contributed by atoms with van der Waals surface area (Å²) in [5.74, 6) is -2.15. The topological polar surface area (TPSA) is 101 Å². The fraction of sp³-hybridized carbons (Fsp3) is 0.500. The molecule has 0 amide bonds. The van der Waals surface area contributed by atoms with Crippen LogP contribution in [0.4, 0.5) is 0 Å². The third-order valence-corrected chi connectivity index (χ3v) is 0.649. The average molecular weight is 178 g/mol. The van der Waals surface area contributed by atoms with Gasteiger partial charge in [-0.05, 0) is 0 Å². The van der Waals surface area contributed by atoms with Crippen LogP contribution in [0.1, 0.15) is 12.8 Å². The van der Waals surface area contributed by atoms with Crippen molar-refractivity contribution in [2.45, 2.75) is 12.8 Å². The Morgan fingerprint density at radius 2 is 1.50 bits per heavy atom. The van der Waals surface area contributed by atoms with Crippen LogP contribution in [0.3, 0.4) is 0 Å². The van der Waals surface area contributed by atoms with Crippen molar-refractivity contribution in [3.8, 4) is 0 Å². The first kappa shape index (κ1) is 13.0. The predicted octanol–water partition coefficient (Wildman–Crippen LogP) is -0.275. The maximum atomic E-state index is 9.64. The Labute approximate surface area is 68.8 Å². The summed E-state index contributed by atoms with van der Waals surface area (Å²) in [5.41, 5.74) is 0. The van der Waals surface area contributed by atoms with E-state index in [-0.39, 0.29) is 12.8 Å². The number of carboxylic acids is 2. The van der Waals surface area contributed by atoms with Crippen molar-refractivity contribution in [1.29, 1.82) is 0 Å². The maximum Gasteiger partial charge on any atom is 0.303 e. The van der Waals surface area contributed by atoms with E-state index in [1.165, 1.54) is 7.11 Å². The number of hydrogen-bond donors (Lipinski definition) is 2. The first-order valence-corrected chi connectivity index (χ1v) is 2.94. The predicted molar refractivity (Wildman–Crippen MR) is 37.6 cm³/mol. The van der Waals surface area contributed by atoms with Crippen molar-refractivity contribution in [1.82, 2.24) is 0 Å². The Bertz CT molecular complexity index is 138. The van der Waals surface area contributed by atoms with Gasteiger partial charge in [0.25, 0.3) is 6.47 Å². The lowest BCUT2D eigenvalue weighted by Gasteiger charge is -1.85. The number of ether oxygens (including phenoxy) is 1. The molecule has 6 nitrogen and oxygen atoms in total. The molecule has 0 fully saturated rings. The molecule has 0 rings (SSSR count). The average Bonchev–Trinajstić information content (AvgIpc) is 2.01. The van der Waals surface area contributed by atoms with Gasteiger partial charge in [0, 0.05) is 0 Å². The highest BCUT2D eigenvalue weighted by Crippen LogP contribution is 1.86. The summed E-state index contributed by atoms with van der Waals surface area (Å²) >= 11 is 0. The van der Waals surface area contributed by atoms with Crippen LogP contribution in [0.15, 0.2) is 0 Å². The van der Waals surface area contributed by atoms with Crippen molar-refractivity contribution in [3.05, 3.63) is 0 Å². The van der Waals surface area contributed by atoms with Gasteiger partial charge in [-0.25, -0.2) is 0 Å². The summed E-state index contributed by atoms with van der Waals surface area (Å²) in [6.07, 6.45) is -0.593. The second kappa shape index (κ2) is 9.41. The molecule has 0 aliphatic rings. The summed E-state index contributed by atoms with van der Waals surface area (Å²) in [4.78, 5) is 28.2. The summed E-state index contributed by atoms with van der Waals surface area (Å²) < 4.78 is 3.86. The quantitative estimate of drug-likeness (QED) is 0.574. The lowest BCUT2D eigenvalue weighted by molar-refractivity contribution is -0.143. The maximum absolute atomic E-state index is 9.64. The van der Waals surface area contributed by atoms with E-state index >= 15 is 0 Å². The zero-order valence-electron chi connectivity index (χ0n) is 6.52. The van der Waals surface area contributed by atoms with Crippen LogP contribution in [0.25, 0.3) is 0 Å². The van der Waals surface area contributed by atoms with E-state index in [9.17, 15) is 9.59 Å². The van der Waals surface area contributed by atoms with Gasteiger partial charge in [0.1, 0.15) is 0 Å². The van der Waals surface area contributed by atoms with E-state index in [4.69, 9.17) is 15.0 Å². The molecular weight excluding hydrogens is 168 g/mol. The van der Waals surface area contributed by atoms with E-state index in [0.717, 1.165) is 0 Å². The van der Waals surface area contributed by atoms with Gasteiger partial charge in [-0.1, -0.05) is 0 Å². The second-order valence-electron chi connectivity index (χ2n) is 1.62.